The van der Waals surface area contributed by atoms with E-state index in [0.29, 0.717) is 0 Å². The Balaban J connectivity index is 1.69. The predicted octanol–water partition coefficient (Wildman–Crippen LogP) is 7.47. The van der Waals surface area contributed by atoms with Crippen molar-refractivity contribution in [2.75, 3.05) is 24.9 Å². The number of benzene rings is 4. The van der Waals surface area contributed by atoms with E-state index in [9.17, 15) is 0 Å². The van der Waals surface area contributed by atoms with Gasteiger partial charge in [0.05, 0.1) is 14.2 Å². The predicted molar refractivity (Wildman–Crippen MR) is 134 cm³/mol. The van der Waals surface area contributed by atoms with E-state index >= 15 is 0 Å². The molecule has 0 aliphatic rings. The lowest BCUT2D eigenvalue weighted by Crippen LogP contribution is -1.97. The fraction of sp³-hybridized carbons (Fsp3) is 0.143. The molecule has 4 nitrogen and oxygen atoms in total. The zero-order valence-electron chi connectivity index (χ0n) is 18.9. The smallest absolute Gasteiger partial charge is 0.121 e. The molecule has 0 fully saturated rings. The Kier molecular flexibility index (Phi) is 6.31. The highest BCUT2D eigenvalue weighted by Gasteiger charge is 2.07. The van der Waals surface area contributed by atoms with Crippen LogP contribution in [0.5, 0.6) is 11.5 Å². The summed E-state index contributed by atoms with van der Waals surface area (Å²) in [5.41, 5.74) is 8.50. The quantitative estimate of drug-likeness (QED) is 0.323. The van der Waals surface area contributed by atoms with Crippen LogP contribution < -0.4 is 20.1 Å². The van der Waals surface area contributed by atoms with E-state index in [0.717, 1.165) is 56.5 Å². The van der Waals surface area contributed by atoms with Gasteiger partial charge in [0.2, 0.25) is 0 Å². The van der Waals surface area contributed by atoms with Gasteiger partial charge in [-0.1, -0.05) is 30.3 Å². The van der Waals surface area contributed by atoms with Crippen LogP contribution in [-0.2, 0) is 0 Å². The maximum Gasteiger partial charge on any atom is 0.121 e. The highest BCUT2D eigenvalue weighted by Crippen LogP contribution is 2.32. The van der Waals surface area contributed by atoms with Crippen molar-refractivity contribution in [3.05, 3.63) is 96.1 Å². The molecule has 4 rings (SSSR count). The minimum Gasteiger partial charge on any atom is -0.496 e. The van der Waals surface area contributed by atoms with E-state index in [1.165, 1.54) is 0 Å². The van der Waals surface area contributed by atoms with Crippen LogP contribution >= 0.6 is 0 Å². The van der Waals surface area contributed by atoms with Gasteiger partial charge in [-0.2, -0.15) is 0 Å². The van der Waals surface area contributed by atoms with Crippen LogP contribution in [0.15, 0.2) is 84.9 Å². The van der Waals surface area contributed by atoms with Crippen molar-refractivity contribution in [3.8, 4) is 22.6 Å². The van der Waals surface area contributed by atoms with E-state index in [4.69, 9.17) is 9.47 Å². The molecule has 32 heavy (non-hydrogen) atoms. The van der Waals surface area contributed by atoms with Crippen LogP contribution in [0.1, 0.15) is 11.1 Å². The molecule has 4 aromatic rings. The zero-order chi connectivity index (χ0) is 22.5. The first-order valence-corrected chi connectivity index (χ1v) is 10.6. The van der Waals surface area contributed by atoms with E-state index in [1.807, 2.05) is 44.2 Å². The molecule has 162 valence electrons. The molecule has 0 aromatic heterocycles. The largest absolute Gasteiger partial charge is 0.496 e. The van der Waals surface area contributed by atoms with Crippen molar-refractivity contribution in [1.29, 1.82) is 0 Å². The van der Waals surface area contributed by atoms with Crippen molar-refractivity contribution in [1.82, 2.24) is 0 Å². The van der Waals surface area contributed by atoms with Gasteiger partial charge in [0.1, 0.15) is 11.5 Å². The van der Waals surface area contributed by atoms with Crippen LogP contribution in [0.25, 0.3) is 11.1 Å². The van der Waals surface area contributed by atoms with Gasteiger partial charge in [-0.25, -0.2) is 0 Å². The Morgan fingerprint density at radius 1 is 0.500 bits per heavy atom. The molecule has 0 aliphatic carbocycles. The van der Waals surface area contributed by atoms with Crippen molar-refractivity contribution in [2.45, 2.75) is 13.8 Å². The minimum atomic E-state index is 0.880. The molecular formula is C28H28N2O2. The second kappa shape index (κ2) is 9.48. The molecule has 0 spiro atoms. The summed E-state index contributed by atoms with van der Waals surface area (Å²) < 4.78 is 10.8. The third-order valence-corrected chi connectivity index (χ3v) is 5.41. The van der Waals surface area contributed by atoms with Gasteiger partial charge in [0.25, 0.3) is 0 Å². The normalized spacial score (nSPS) is 10.5. The second-order valence-electron chi connectivity index (χ2n) is 7.78. The number of rotatable bonds is 7. The van der Waals surface area contributed by atoms with Crippen molar-refractivity contribution < 1.29 is 9.47 Å². The van der Waals surface area contributed by atoms with E-state index < -0.39 is 0 Å². The molecule has 0 saturated heterocycles. The number of nitrogens with one attached hydrogen (secondary N) is 2. The molecule has 0 heterocycles. The number of aryl methyl sites for hydroxylation is 2. The molecule has 0 radical (unpaired) electrons. The lowest BCUT2D eigenvalue weighted by atomic mass is 10.0. The van der Waals surface area contributed by atoms with Gasteiger partial charge in [-0.15, -0.1) is 0 Å². The van der Waals surface area contributed by atoms with Gasteiger partial charge in [-0.05, 0) is 90.7 Å². The Morgan fingerprint density at radius 2 is 1.00 bits per heavy atom. The summed E-state index contributed by atoms with van der Waals surface area (Å²) in [6.07, 6.45) is 0. The summed E-state index contributed by atoms with van der Waals surface area (Å²) in [5.74, 6) is 1.76. The van der Waals surface area contributed by atoms with Gasteiger partial charge in [0, 0.05) is 22.7 Å². The Labute approximate surface area is 189 Å². The van der Waals surface area contributed by atoms with Crippen molar-refractivity contribution >= 4 is 22.7 Å². The highest BCUT2D eigenvalue weighted by molar-refractivity contribution is 5.78. The summed E-state index contributed by atoms with van der Waals surface area (Å²) in [7, 11) is 3.38. The number of methoxy groups -OCH3 is 2. The average molecular weight is 425 g/mol. The van der Waals surface area contributed by atoms with E-state index in [-0.39, 0.29) is 0 Å². The van der Waals surface area contributed by atoms with Crippen LogP contribution in [0.2, 0.25) is 0 Å². The molecule has 0 unspecified atom stereocenters. The Hall–Kier alpha value is -3.92. The van der Waals surface area contributed by atoms with Gasteiger partial charge >= 0.3 is 0 Å². The lowest BCUT2D eigenvalue weighted by molar-refractivity contribution is 0.411. The number of ether oxygens (including phenoxy) is 2. The zero-order valence-corrected chi connectivity index (χ0v) is 18.9. The molecule has 0 saturated carbocycles. The van der Waals surface area contributed by atoms with Crippen LogP contribution in [0, 0.1) is 13.8 Å². The van der Waals surface area contributed by atoms with Crippen LogP contribution in [0.4, 0.5) is 22.7 Å². The van der Waals surface area contributed by atoms with Gasteiger partial charge in [-0.3, -0.25) is 0 Å². The monoisotopic (exact) mass is 424 g/mol. The summed E-state index contributed by atoms with van der Waals surface area (Å²) in [5, 5.41) is 7.09. The fourth-order valence-electron chi connectivity index (χ4n) is 3.81. The van der Waals surface area contributed by atoms with Crippen LogP contribution in [0.3, 0.4) is 0 Å². The minimum absolute atomic E-state index is 0.880. The van der Waals surface area contributed by atoms with Crippen molar-refractivity contribution in [2.24, 2.45) is 0 Å². The number of hydrogen-bond acceptors (Lipinski definition) is 4. The average Bonchev–Trinajstić information content (AvgIpc) is 2.80. The number of anilines is 4. The Morgan fingerprint density at radius 3 is 1.44 bits per heavy atom. The second-order valence-corrected chi connectivity index (χ2v) is 7.78. The third kappa shape index (κ3) is 4.86. The molecule has 0 amide bonds. The van der Waals surface area contributed by atoms with Crippen LogP contribution in [-0.4, -0.2) is 14.2 Å². The summed E-state index contributed by atoms with van der Waals surface area (Å²) in [4.78, 5) is 0. The first kappa shape index (κ1) is 21.3. The van der Waals surface area contributed by atoms with Gasteiger partial charge in [0.15, 0.2) is 0 Å². The van der Waals surface area contributed by atoms with E-state index in [1.54, 1.807) is 14.2 Å². The standard InChI is InChI=1S/C28H28N2O2/c1-19-14-23(10-12-27(19)31-3)29-25-16-22(21-8-6-5-7-9-21)17-26(18-25)30-24-11-13-28(32-4)20(2)15-24/h5-18,29-30H,1-4H3. The van der Waals surface area contributed by atoms with Gasteiger partial charge < -0.3 is 20.1 Å². The fourth-order valence-corrected chi connectivity index (χ4v) is 3.81. The molecule has 4 aromatic carbocycles. The first-order valence-electron chi connectivity index (χ1n) is 10.6. The summed E-state index contributed by atoms with van der Waals surface area (Å²) in [6, 6.07) is 29.1. The number of hydrogen-bond donors (Lipinski definition) is 2. The lowest BCUT2D eigenvalue weighted by Gasteiger charge is -2.15. The van der Waals surface area contributed by atoms with E-state index in [2.05, 4.69) is 65.2 Å². The Bertz CT molecular complexity index is 1150. The maximum absolute atomic E-state index is 5.39. The molecule has 4 heteroatoms. The molecule has 0 atom stereocenters. The maximum atomic E-state index is 5.39. The molecular weight excluding hydrogens is 396 g/mol. The van der Waals surface area contributed by atoms with Crippen molar-refractivity contribution in [3.63, 3.8) is 0 Å². The topological polar surface area (TPSA) is 42.5 Å². The third-order valence-electron chi connectivity index (χ3n) is 5.41. The SMILES string of the molecule is COc1ccc(Nc2cc(Nc3ccc(OC)c(C)c3)cc(-c3ccccc3)c2)cc1C. The summed E-state index contributed by atoms with van der Waals surface area (Å²) >= 11 is 0. The highest BCUT2D eigenvalue weighted by atomic mass is 16.5. The summed E-state index contributed by atoms with van der Waals surface area (Å²) in [6.45, 7) is 4.09. The first-order chi connectivity index (χ1) is 15.6. The molecule has 2 N–H and O–H groups in total. The molecule has 0 aliphatic heterocycles. The molecule has 0 bridgehead atoms.